The van der Waals surface area contributed by atoms with E-state index in [1.807, 2.05) is 30.3 Å². The van der Waals surface area contributed by atoms with E-state index in [4.69, 9.17) is 11.6 Å². The fourth-order valence-corrected chi connectivity index (χ4v) is 4.03. The lowest BCUT2D eigenvalue weighted by Gasteiger charge is -2.26. The fraction of sp³-hybridized carbons (Fsp3) is 0.364. The zero-order chi connectivity index (χ0) is 19.6. The summed E-state index contributed by atoms with van der Waals surface area (Å²) in [7, 11) is 1.78. The van der Waals surface area contributed by atoms with Crippen LogP contribution < -0.4 is 16.0 Å². The van der Waals surface area contributed by atoms with Crippen LogP contribution >= 0.6 is 35.6 Å². The third-order valence-corrected chi connectivity index (χ3v) is 6.00. The summed E-state index contributed by atoms with van der Waals surface area (Å²) in [4.78, 5) is 16.4. The molecule has 4 rings (SSSR count). The van der Waals surface area contributed by atoms with Crippen LogP contribution in [-0.4, -0.2) is 32.0 Å². The topological polar surface area (TPSA) is 65.5 Å². The highest BCUT2D eigenvalue weighted by Gasteiger charge is 2.44. The number of benzene rings is 2. The van der Waals surface area contributed by atoms with Crippen molar-refractivity contribution in [2.24, 2.45) is 4.99 Å². The van der Waals surface area contributed by atoms with Crippen molar-refractivity contribution in [1.82, 2.24) is 10.6 Å². The highest BCUT2D eigenvalue weighted by atomic mass is 127. The van der Waals surface area contributed by atoms with Crippen molar-refractivity contribution in [2.75, 3.05) is 25.5 Å². The van der Waals surface area contributed by atoms with Crippen LogP contribution in [0.3, 0.4) is 0 Å². The second kappa shape index (κ2) is 9.34. The second-order valence-corrected chi connectivity index (χ2v) is 8.07. The standard InChI is InChI=1S/C22H25ClN4O.HI/c1-24-21(26-14-22(10-11-22)16-6-8-17(23)9-7-16)25-13-15-12-20(28)27-19-5-3-2-4-18(15)19;/h2-9,15H,10-14H2,1H3,(H,27,28)(H2,24,25,26);1H. The minimum Gasteiger partial charge on any atom is -0.356 e. The predicted octanol–water partition coefficient (Wildman–Crippen LogP) is 4.28. The SMILES string of the molecule is CN=C(NCC1CC(=O)Nc2ccccc21)NCC1(c2ccc(Cl)cc2)CC1.I. The molecule has 1 heterocycles. The van der Waals surface area contributed by atoms with E-state index in [1.54, 1.807) is 7.05 Å². The number of hydrogen-bond donors (Lipinski definition) is 3. The van der Waals surface area contributed by atoms with Gasteiger partial charge in [0.1, 0.15) is 0 Å². The van der Waals surface area contributed by atoms with Crippen molar-refractivity contribution in [2.45, 2.75) is 30.6 Å². The molecule has 1 atom stereocenters. The Morgan fingerprint density at radius 1 is 1.17 bits per heavy atom. The van der Waals surface area contributed by atoms with Crippen LogP contribution in [0.25, 0.3) is 0 Å². The molecule has 2 aliphatic rings. The highest BCUT2D eigenvalue weighted by Crippen LogP contribution is 2.47. The van der Waals surface area contributed by atoms with Gasteiger partial charge in [0.05, 0.1) is 0 Å². The molecule has 1 amide bonds. The molecular weight excluding hydrogens is 499 g/mol. The quantitative estimate of drug-likeness (QED) is 0.311. The monoisotopic (exact) mass is 524 g/mol. The molecule has 5 nitrogen and oxygen atoms in total. The van der Waals surface area contributed by atoms with Crippen LogP contribution in [0.2, 0.25) is 5.02 Å². The number of nitrogens with zero attached hydrogens (tertiary/aromatic N) is 1. The average Bonchev–Trinajstić information content (AvgIpc) is 3.49. The number of halogens is 2. The number of rotatable bonds is 5. The van der Waals surface area contributed by atoms with Gasteiger partial charge in [-0.3, -0.25) is 9.79 Å². The lowest BCUT2D eigenvalue weighted by Crippen LogP contribution is -2.43. The van der Waals surface area contributed by atoms with Crippen LogP contribution in [0.5, 0.6) is 0 Å². The minimum absolute atomic E-state index is 0. The number of carbonyl (C=O) groups excluding carboxylic acids is 1. The first-order valence-corrected chi connectivity index (χ1v) is 10.1. The zero-order valence-corrected chi connectivity index (χ0v) is 19.5. The Bertz CT molecular complexity index is 896. The average molecular weight is 525 g/mol. The van der Waals surface area contributed by atoms with E-state index < -0.39 is 0 Å². The zero-order valence-electron chi connectivity index (χ0n) is 16.4. The van der Waals surface area contributed by atoms with Gasteiger partial charge in [0.15, 0.2) is 5.96 Å². The molecule has 1 aliphatic heterocycles. The van der Waals surface area contributed by atoms with Crippen LogP contribution in [-0.2, 0) is 10.2 Å². The summed E-state index contributed by atoms with van der Waals surface area (Å²) in [6.45, 7) is 1.49. The van der Waals surface area contributed by atoms with Crippen molar-refractivity contribution < 1.29 is 4.79 Å². The van der Waals surface area contributed by atoms with Crippen LogP contribution in [0.15, 0.2) is 53.5 Å². The first kappa shape index (κ1) is 21.9. The van der Waals surface area contributed by atoms with Crippen molar-refractivity contribution >= 4 is 53.1 Å². The second-order valence-electron chi connectivity index (χ2n) is 7.63. The number of anilines is 1. The van der Waals surface area contributed by atoms with Gasteiger partial charge in [-0.15, -0.1) is 24.0 Å². The Labute approximate surface area is 193 Å². The number of guanidine groups is 1. The summed E-state index contributed by atoms with van der Waals surface area (Å²) in [5.41, 5.74) is 3.57. The van der Waals surface area contributed by atoms with Gasteiger partial charge >= 0.3 is 0 Å². The maximum Gasteiger partial charge on any atom is 0.225 e. The maximum atomic E-state index is 12.0. The first-order chi connectivity index (χ1) is 13.6. The van der Waals surface area contributed by atoms with E-state index >= 15 is 0 Å². The first-order valence-electron chi connectivity index (χ1n) is 9.69. The van der Waals surface area contributed by atoms with E-state index in [0.717, 1.165) is 36.1 Å². The molecule has 7 heteroatoms. The Morgan fingerprint density at radius 3 is 2.59 bits per heavy atom. The molecule has 0 spiro atoms. The van der Waals surface area contributed by atoms with E-state index in [2.05, 4.69) is 39.1 Å². The summed E-state index contributed by atoms with van der Waals surface area (Å²) >= 11 is 6.02. The van der Waals surface area contributed by atoms with Crippen molar-refractivity contribution in [3.8, 4) is 0 Å². The number of carbonyl (C=O) groups is 1. The molecule has 3 N–H and O–H groups in total. The van der Waals surface area contributed by atoms with Crippen LogP contribution in [0, 0.1) is 0 Å². The minimum atomic E-state index is 0. The summed E-state index contributed by atoms with van der Waals surface area (Å²) < 4.78 is 0. The Morgan fingerprint density at radius 2 is 1.90 bits per heavy atom. The molecule has 0 saturated heterocycles. The van der Waals surface area contributed by atoms with Crippen molar-refractivity contribution in [1.29, 1.82) is 0 Å². The van der Waals surface area contributed by atoms with Gasteiger partial charge in [-0.1, -0.05) is 41.9 Å². The van der Waals surface area contributed by atoms with Gasteiger partial charge in [0, 0.05) is 48.6 Å². The molecule has 0 bridgehead atoms. The summed E-state index contributed by atoms with van der Waals surface area (Å²) in [6, 6.07) is 16.1. The molecule has 0 aromatic heterocycles. The lowest BCUT2D eigenvalue weighted by molar-refractivity contribution is -0.116. The summed E-state index contributed by atoms with van der Waals surface area (Å²) in [5, 5.41) is 10.6. The molecular formula is C22H26ClIN4O. The molecule has 1 aliphatic carbocycles. The Hall–Kier alpha value is -1.80. The predicted molar refractivity (Wildman–Crippen MR) is 130 cm³/mol. The molecule has 1 unspecified atom stereocenters. The van der Waals surface area contributed by atoms with Gasteiger partial charge in [0.25, 0.3) is 0 Å². The van der Waals surface area contributed by atoms with E-state index in [-0.39, 0.29) is 41.2 Å². The molecule has 2 aromatic carbocycles. The molecule has 0 radical (unpaired) electrons. The molecule has 154 valence electrons. The number of aliphatic imine (C=N–C) groups is 1. The number of nitrogens with one attached hydrogen (secondary N) is 3. The third kappa shape index (κ3) is 5.04. The molecule has 1 fully saturated rings. The van der Waals surface area contributed by atoms with Crippen LogP contribution in [0.1, 0.15) is 36.3 Å². The van der Waals surface area contributed by atoms with E-state index in [1.165, 1.54) is 11.1 Å². The van der Waals surface area contributed by atoms with Crippen molar-refractivity contribution in [3.63, 3.8) is 0 Å². The number of hydrogen-bond acceptors (Lipinski definition) is 2. The summed E-state index contributed by atoms with van der Waals surface area (Å²) in [5.74, 6) is 0.964. The van der Waals surface area contributed by atoms with Gasteiger partial charge in [-0.2, -0.15) is 0 Å². The maximum absolute atomic E-state index is 12.0. The molecule has 29 heavy (non-hydrogen) atoms. The molecule has 2 aromatic rings. The lowest BCUT2D eigenvalue weighted by atomic mass is 9.90. The van der Waals surface area contributed by atoms with Gasteiger partial charge in [-0.05, 0) is 42.2 Å². The highest BCUT2D eigenvalue weighted by molar-refractivity contribution is 14.0. The molecule has 1 saturated carbocycles. The van der Waals surface area contributed by atoms with E-state index in [0.29, 0.717) is 13.0 Å². The summed E-state index contributed by atoms with van der Waals surface area (Å²) in [6.07, 6.45) is 2.80. The van der Waals surface area contributed by atoms with Crippen LogP contribution in [0.4, 0.5) is 5.69 Å². The van der Waals surface area contributed by atoms with Crippen molar-refractivity contribution in [3.05, 3.63) is 64.7 Å². The van der Waals surface area contributed by atoms with Gasteiger partial charge in [-0.25, -0.2) is 0 Å². The smallest absolute Gasteiger partial charge is 0.225 e. The number of amides is 1. The Balaban J connectivity index is 0.00000240. The van der Waals surface area contributed by atoms with E-state index in [9.17, 15) is 4.79 Å². The number of fused-ring (bicyclic) bond motifs is 1. The largest absolute Gasteiger partial charge is 0.356 e. The van der Waals surface area contributed by atoms with Gasteiger partial charge < -0.3 is 16.0 Å². The van der Waals surface area contributed by atoms with Gasteiger partial charge in [0.2, 0.25) is 5.91 Å². The normalized spacial score (nSPS) is 19.4. The Kier molecular flexibility index (Phi) is 7.05. The fourth-order valence-electron chi connectivity index (χ4n) is 3.90. The third-order valence-electron chi connectivity index (χ3n) is 5.75. The number of para-hydroxylation sites is 1.